The maximum Gasteiger partial charge on any atom is 0.254 e. The molecule has 25 heavy (non-hydrogen) atoms. The average Bonchev–Trinajstić information content (AvgIpc) is 2.99. The molecule has 7 heteroatoms. The molecule has 1 amide bonds. The lowest BCUT2D eigenvalue weighted by Crippen LogP contribution is -2.46. The van der Waals surface area contributed by atoms with Crippen LogP contribution in [0.25, 0.3) is 0 Å². The second kappa shape index (κ2) is 7.63. The Morgan fingerprint density at radius 1 is 1.36 bits per heavy atom. The summed E-state index contributed by atoms with van der Waals surface area (Å²) in [7, 11) is 0. The summed E-state index contributed by atoms with van der Waals surface area (Å²) in [6.45, 7) is 5.33. The fourth-order valence-corrected chi connectivity index (χ4v) is 3.49. The number of aromatic nitrogens is 4. The van der Waals surface area contributed by atoms with Crippen molar-refractivity contribution >= 4 is 5.91 Å². The van der Waals surface area contributed by atoms with Gasteiger partial charge >= 0.3 is 0 Å². The number of nitrogens with zero attached hydrogens (tertiary/aromatic N) is 4. The summed E-state index contributed by atoms with van der Waals surface area (Å²) in [4.78, 5) is 33.3. The van der Waals surface area contributed by atoms with E-state index < -0.39 is 0 Å². The standard InChI is InChI=1S/C18H25N5O2/c1-13-9-21-22(10-13)11-15-5-3-4-8-23(15)17(24)7-6-16-14(2)19-12-20-18(16)25/h9-10,12,15H,3-8,11H2,1-2H3,(H,19,20,25)/t15-/m1/s1. The van der Waals surface area contributed by atoms with Crippen molar-refractivity contribution in [3.05, 3.63) is 45.9 Å². The van der Waals surface area contributed by atoms with E-state index in [1.807, 2.05) is 28.9 Å². The lowest BCUT2D eigenvalue weighted by molar-refractivity contribution is -0.135. The van der Waals surface area contributed by atoms with Crippen LogP contribution in [0.1, 0.15) is 42.5 Å². The molecule has 2 aromatic heterocycles. The molecule has 1 atom stereocenters. The monoisotopic (exact) mass is 343 g/mol. The number of hydrogen-bond donors (Lipinski definition) is 1. The van der Waals surface area contributed by atoms with Crippen molar-refractivity contribution in [1.82, 2.24) is 24.6 Å². The van der Waals surface area contributed by atoms with Gasteiger partial charge in [0.05, 0.1) is 25.1 Å². The number of amides is 1. The van der Waals surface area contributed by atoms with Gasteiger partial charge in [-0.2, -0.15) is 5.10 Å². The second-order valence-corrected chi connectivity index (χ2v) is 6.77. The number of hydrogen-bond acceptors (Lipinski definition) is 4. The molecule has 0 aromatic carbocycles. The minimum atomic E-state index is -0.150. The Kier molecular flexibility index (Phi) is 5.31. The molecule has 134 valence electrons. The Morgan fingerprint density at radius 2 is 2.20 bits per heavy atom. The van der Waals surface area contributed by atoms with Crippen LogP contribution >= 0.6 is 0 Å². The summed E-state index contributed by atoms with van der Waals surface area (Å²) in [6, 6.07) is 0.175. The quantitative estimate of drug-likeness (QED) is 0.894. The van der Waals surface area contributed by atoms with E-state index in [1.165, 1.54) is 6.33 Å². The normalized spacial score (nSPS) is 17.7. The molecule has 0 unspecified atom stereocenters. The van der Waals surface area contributed by atoms with Crippen molar-refractivity contribution in [3.63, 3.8) is 0 Å². The maximum atomic E-state index is 12.8. The van der Waals surface area contributed by atoms with Crippen LogP contribution in [0.3, 0.4) is 0 Å². The van der Waals surface area contributed by atoms with Gasteiger partial charge in [-0.15, -0.1) is 0 Å². The first-order chi connectivity index (χ1) is 12.0. The van der Waals surface area contributed by atoms with Crippen molar-refractivity contribution in [2.45, 2.75) is 58.5 Å². The fraction of sp³-hybridized carbons (Fsp3) is 0.556. The van der Waals surface area contributed by atoms with Crippen molar-refractivity contribution in [3.8, 4) is 0 Å². The third-order valence-electron chi connectivity index (χ3n) is 4.86. The average molecular weight is 343 g/mol. The minimum absolute atomic E-state index is 0.108. The van der Waals surface area contributed by atoms with Crippen LogP contribution in [0.15, 0.2) is 23.5 Å². The Morgan fingerprint density at radius 3 is 2.92 bits per heavy atom. The zero-order chi connectivity index (χ0) is 17.8. The second-order valence-electron chi connectivity index (χ2n) is 6.77. The first kappa shape index (κ1) is 17.4. The molecule has 0 bridgehead atoms. The van der Waals surface area contributed by atoms with Crippen molar-refractivity contribution in [2.24, 2.45) is 0 Å². The predicted molar refractivity (Wildman–Crippen MR) is 94.2 cm³/mol. The van der Waals surface area contributed by atoms with Crippen LogP contribution in [-0.4, -0.2) is 43.1 Å². The Balaban J connectivity index is 1.65. The Bertz CT molecular complexity index is 795. The van der Waals surface area contributed by atoms with Gasteiger partial charge in [0.2, 0.25) is 5.91 Å². The van der Waals surface area contributed by atoms with Gasteiger partial charge in [0.25, 0.3) is 5.56 Å². The first-order valence-electron chi connectivity index (χ1n) is 8.86. The van der Waals surface area contributed by atoms with Crippen LogP contribution in [0.5, 0.6) is 0 Å². The Labute approximate surface area is 147 Å². The van der Waals surface area contributed by atoms with Gasteiger partial charge in [-0.1, -0.05) is 0 Å². The van der Waals surface area contributed by atoms with Gasteiger partial charge in [-0.05, 0) is 45.1 Å². The molecule has 1 fully saturated rings. The first-order valence-corrected chi connectivity index (χ1v) is 8.86. The summed E-state index contributed by atoms with van der Waals surface area (Å²) in [5, 5.41) is 4.35. The van der Waals surface area contributed by atoms with Gasteiger partial charge in [0.1, 0.15) is 0 Å². The molecule has 7 nitrogen and oxygen atoms in total. The highest BCUT2D eigenvalue weighted by atomic mass is 16.2. The lowest BCUT2D eigenvalue weighted by atomic mass is 10.0. The van der Waals surface area contributed by atoms with E-state index >= 15 is 0 Å². The van der Waals surface area contributed by atoms with Crippen LogP contribution in [-0.2, 0) is 17.8 Å². The summed E-state index contributed by atoms with van der Waals surface area (Å²) in [6.07, 6.45) is 9.18. The molecule has 0 saturated carbocycles. The van der Waals surface area contributed by atoms with Crippen molar-refractivity contribution in [1.29, 1.82) is 0 Å². The lowest BCUT2D eigenvalue weighted by Gasteiger charge is -2.36. The number of nitrogens with one attached hydrogen (secondary N) is 1. The van der Waals surface area contributed by atoms with Gasteiger partial charge in [0.15, 0.2) is 0 Å². The molecule has 3 rings (SSSR count). The zero-order valence-electron chi connectivity index (χ0n) is 14.9. The van der Waals surface area contributed by atoms with E-state index in [0.717, 1.165) is 37.9 Å². The third kappa shape index (κ3) is 4.15. The molecule has 0 aliphatic carbocycles. The van der Waals surface area contributed by atoms with Gasteiger partial charge in [0, 0.05) is 30.4 Å². The van der Waals surface area contributed by atoms with E-state index in [4.69, 9.17) is 0 Å². The smallest absolute Gasteiger partial charge is 0.254 e. The van der Waals surface area contributed by atoms with E-state index in [-0.39, 0.29) is 17.5 Å². The van der Waals surface area contributed by atoms with E-state index in [1.54, 1.807) is 6.92 Å². The van der Waals surface area contributed by atoms with Crippen LogP contribution in [0.4, 0.5) is 0 Å². The van der Waals surface area contributed by atoms with Gasteiger partial charge in [-0.25, -0.2) is 4.98 Å². The van der Waals surface area contributed by atoms with Crippen molar-refractivity contribution < 1.29 is 4.79 Å². The number of H-pyrrole nitrogens is 1. The number of aromatic amines is 1. The molecule has 2 aromatic rings. The number of likely N-dealkylation sites (tertiary alicyclic amines) is 1. The van der Waals surface area contributed by atoms with Gasteiger partial charge in [-0.3, -0.25) is 14.3 Å². The molecule has 0 spiro atoms. The molecule has 0 radical (unpaired) electrons. The van der Waals surface area contributed by atoms with Gasteiger partial charge < -0.3 is 9.88 Å². The Hall–Kier alpha value is -2.44. The van der Waals surface area contributed by atoms with E-state index in [2.05, 4.69) is 15.1 Å². The number of carbonyl (C=O) groups excluding carboxylic acids is 1. The highest BCUT2D eigenvalue weighted by Crippen LogP contribution is 2.20. The predicted octanol–water partition coefficient (Wildman–Crippen LogP) is 1.60. The van der Waals surface area contributed by atoms with E-state index in [0.29, 0.717) is 24.1 Å². The minimum Gasteiger partial charge on any atom is -0.338 e. The highest BCUT2D eigenvalue weighted by molar-refractivity contribution is 5.77. The largest absolute Gasteiger partial charge is 0.338 e. The SMILES string of the molecule is Cc1cnn(C[C@H]2CCCCN2C(=O)CCc2c(C)nc[nH]c2=O)c1. The van der Waals surface area contributed by atoms with Crippen LogP contribution in [0.2, 0.25) is 0 Å². The summed E-state index contributed by atoms with van der Waals surface area (Å²) < 4.78 is 1.92. The van der Waals surface area contributed by atoms with Crippen LogP contribution in [0, 0.1) is 13.8 Å². The molecule has 1 aliphatic heterocycles. The van der Waals surface area contributed by atoms with Crippen LogP contribution < -0.4 is 5.56 Å². The maximum absolute atomic E-state index is 12.8. The van der Waals surface area contributed by atoms with E-state index in [9.17, 15) is 9.59 Å². The third-order valence-corrected chi connectivity index (χ3v) is 4.86. The molecular weight excluding hydrogens is 318 g/mol. The number of rotatable bonds is 5. The molecule has 1 N–H and O–H groups in total. The molecular formula is C18H25N5O2. The summed E-state index contributed by atoms with van der Waals surface area (Å²) >= 11 is 0. The number of aryl methyl sites for hydroxylation is 2. The fourth-order valence-electron chi connectivity index (χ4n) is 3.49. The molecule has 1 aliphatic rings. The summed E-state index contributed by atoms with van der Waals surface area (Å²) in [5.41, 5.74) is 2.27. The highest BCUT2D eigenvalue weighted by Gasteiger charge is 2.27. The summed E-state index contributed by atoms with van der Waals surface area (Å²) in [5.74, 6) is 0.108. The molecule has 3 heterocycles. The van der Waals surface area contributed by atoms with Crippen molar-refractivity contribution in [2.75, 3.05) is 6.54 Å². The number of carbonyl (C=O) groups is 1. The number of piperidine rings is 1. The molecule has 1 saturated heterocycles. The topological polar surface area (TPSA) is 83.9 Å². The zero-order valence-corrected chi connectivity index (χ0v) is 14.9.